The lowest BCUT2D eigenvalue weighted by Crippen LogP contribution is -1.81. The van der Waals surface area contributed by atoms with Crippen molar-refractivity contribution in [3.63, 3.8) is 0 Å². The van der Waals surface area contributed by atoms with Crippen molar-refractivity contribution in [2.45, 2.75) is 6.42 Å². The number of allylic oxidation sites excluding steroid dienone is 3. The van der Waals surface area contributed by atoms with Crippen LogP contribution in [0.1, 0.15) is 6.42 Å². The molecule has 0 amide bonds. The summed E-state index contributed by atoms with van der Waals surface area (Å²) in [6.07, 6.45) is 5.97. The van der Waals surface area contributed by atoms with Crippen LogP contribution in [0.25, 0.3) is 0 Å². The molecule has 50 valence electrons. The highest BCUT2D eigenvalue weighted by Crippen LogP contribution is 1.97. The normalized spacial score (nSPS) is 9.89. The molecule has 0 aromatic rings. The van der Waals surface area contributed by atoms with Gasteiger partial charge in [0.15, 0.2) is 0 Å². The molecular weight excluding hydrogens is 112 g/mol. The third kappa shape index (κ3) is 5.04. The molecule has 0 aliphatic carbocycles. The Kier molecular flexibility index (Phi) is 4.83. The Morgan fingerprint density at radius 1 is 1.56 bits per heavy atom. The number of rotatable bonds is 4. The van der Waals surface area contributed by atoms with Crippen molar-refractivity contribution in [3.8, 4) is 0 Å². The summed E-state index contributed by atoms with van der Waals surface area (Å²) in [7, 11) is 0. The largest absolute Gasteiger partial charge is 0.396 e. The van der Waals surface area contributed by atoms with Crippen molar-refractivity contribution in [3.05, 3.63) is 37.0 Å². The predicted octanol–water partition coefficient (Wildman–Crippen LogP) is 1.67. The van der Waals surface area contributed by atoms with E-state index in [0.29, 0.717) is 6.42 Å². The van der Waals surface area contributed by atoms with Gasteiger partial charge in [-0.3, -0.25) is 0 Å². The van der Waals surface area contributed by atoms with E-state index in [1.54, 1.807) is 12.2 Å². The predicted molar refractivity (Wildman–Crippen MR) is 40.2 cm³/mol. The van der Waals surface area contributed by atoms with E-state index in [2.05, 4.69) is 13.2 Å². The fourth-order valence-electron chi connectivity index (χ4n) is 0.431. The third-order valence-electron chi connectivity index (χ3n) is 0.901. The van der Waals surface area contributed by atoms with Crippen LogP contribution >= 0.6 is 0 Å². The molecule has 1 heteroatoms. The zero-order chi connectivity index (χ0) is 7.11. The zero-order valence-electron chi connectivity index (χ0n) is 5.51. The van der Waals surface area contributed by atoms with Gasteiger partial charge in [-0.25, -0.2) is 0 Å². The van der Waals surface area contributed by atoms with Crippen LogP contribution in [0.2, 0.25) is 0 Å². The fraction of sp³-hybridized carbons (Fsp3) is 0.250. The van der Waals surface area contributed by atoms with Gasteiger partial charge >= 0.3 is 0 Å². The van der Waals surface area contributed by atoms with Crippen LogP contribution in [0.5, 0.6) is 0 Å². The zero-order valence-corrected chi connectivity index (χ0v) is 5.51. The first-order valence-electron chi connectivity index (χ1n) is 2.89. The molecule has 0 fully saturated rings. The van der Waals surface area contributed by atoms with Gasteiger partial charge in [0.25, 0.3) is 0 Å². The lowest BCUT2D eigenvalue weighted by Gasteiger charge is -1.91. The smallest absolute Gasteiger partial charge is 0.0471 e. The topological polar surface area (TPSA) is 20.2 Å². The standard InChI is InChI=1S/C8H12O/c1-3-4-5-8(2)6-7-9/h3-5,9H,1-2,6-7H2/b5-4-. The summed E-state index contributed by atoms with van der Waals surface area (Å²) in [4.78, 5) is 0. The maximum atomic E-state index is 8.42. The highest BCUT2D eigenvalue weighted by Gasteiger charge is 1.82. The van der Waals surface area contributed by atoms with Gasteiger partial charge in [-0.1, -0.05) is 37.0 Å². The van der Waals surface area contributed by atoms with Crippen molar-refractivity contribution in [2.24, 2.45) is 0 Å². The third-order valence-corrected chi connectivity index (χ3v) is 0.901. The fourth-order valence-corrected chi connectivity index (χ4v) is 0.431. The molecular formula is C8H12O. The molecule has 1 nitrogen and oxygen atoms in total. The summed E-state index contributed by atoms with van der Waals surface area (Å²) in [6.45, 7) is 7.36. The molecule has 0 bridgehead atoms. The number of aliphatic hydroxyl groups excluding tert-OH is 1. The Morgan fingerprint density at radius 3 is 2.67 bits per heavy atom. The first-order chi connectivity index (χ1) is 4.31. The Morgan fingerprint density at radius 2 is 2.22 bits per heavy atom. The van der Waals surface area contributed by atoms with Crippen LogP contribution in [-0.4, -0.2) is 11.7 Å². The molecule has 1 N–H and O–H groups in total. The summed E-state index contributed by atoms with van der Waals surface area (Å²) >= 11 is 0. The van der Waals surface area contributed by atoms with Gasteiger partial charge in [-0.15, -0.1) is 0 Å². The summed E-state index contributed by atoms with van der Waals surface area (Å²) in [5.41, 5.74) is 0.928. The highest BCUT2D eigenvalue weighted by molar-refractivity contribution is 5.17. The van der Waals surface area contributed by atoms with Crippen LogP contribution in [-0.2, 0) is 0 Å². The Hall–Kier alpha value is -0.820. The molecule has 0 saturated heterocycles. The van der Waals surface area contributed by atoms with E-state index >= 15 is 0 Å². The maximum Gasteiger partial charge on any atom is 0.0471 e. The number of aliphatic hydroxyl groups is 1. The Balaban J connectivity index is 3.49. The molecule has 0 heterocycles. The molecule has 0 unspecified atom stereocenters. The van der Waals surface area contributed by atoms with E-state index < -0.39 is 0 Å². The molecule has 0 aliphatic rings. The van der Waals surface area contributed by atoms with Gasteiger partial charge < -0.3 is 5.11 Å². The summed E-state index contributed by atoms with van der Waals surface area (Å²) in [5, 5.41) is 8.42. The molecule has 0 aliphatic heterocycles. The molecule has 0 atom stereocenters. The van der Waals surface area contributed by atoms with Crippen molar-refractivity contribution in [1.29, 1.82) is 0 Å². The van der Waals surface area contributed by atoms with E-state index in [-0.39, 0.29) is 6.61 Å². The lowest BCUT2D eigenvalue weighted by atomic mass is 10.2. The van der Waals surface area contributed by atoms with Gasteiger partial charge in [-0.2, -0.15) is 0 Å². The van der Waals surface area contributed by atoms with Crippen LogP contribution < -0.4 is 0 Å². The quantitative estimate of drug-likeness (QED) is 0.565. The van der Waals surface area contributed by atoms with E-state index in [1.165, 1.54) is 0 Å². The molecule has 9 heavy (non-hydrogen) atoms. The van der Waals surface area contributed by atoms with Crippen molar-refractivity contribution in [2.75, 3.05) is 6.61 Å². The van der Waals surface area contributed by atoms with E-state index in [0.717, 1.165) is 5.57 Å². The van der Waals surface area contributed by atoms with Gasteiger partial charge in [0.05, 0.1) is 0 Å². The average Bonchev–Trinajstić information content (AvgIpc) is 1.85. The van der Waals surface area contributed by atoms with Gasteiger partial charge in [0, 0.05) is 6.61 Å². The second-order valence-electron chi connectivity index (χ2n) is 1.73. The maximum absolute atomic E-state index is 8.42. The van der Waals surface area contributed by atoms with Gasteiger partial charge in [0.1, 0.15) is 0 Å². The second-order valence-corrected chi connectivity index (χ2v) is 1.73. The molecule has 0 saturated carbocycles. The summed E-state index contributed by atoms with van der Waals surface area (Å²) in [6, 6.07) is 0. The van der Waals surface area contributed by atoms with Gasteiger partial charge in [-0.05, 0) is 6.42 Å². The molecule has 0 spiro atoms. The Labute approximate surface area is 56.0 Å². The first-order valence-corrected chi connectivity index (χ1v) is 2.89. The summed E-state index contributed by atoms with van der Waals surface area (Å²) < 4.78 is 0. The monoisotopic (exact) mass is 124 g/mol. The SMILES string of the molecule is C=C/C=C\C(=C)CCO. The first kappa shape index (κ1) is 8.18. The second kappa shape index (κ2) is 5.32. The minimum atomic E-state index is 0.167. The number of hydrogen-bond acceptors (Lipinski definition) is 1. The van der Waals surface area contributed by atoms with Crippen LogP contribution in [0, 0.1) is 0 Å². The molecule has 0 radical (unpaired) electrons. The lowest BCUT2D eigenvalue weighted by molar-refractivity contribution is 0.300. The van der Waals surface area contributed by atoms with E-state index in [4.69, 9.17) is 5.11 Å². The van der Waals surface area contributed by atoms with Crippen LogP contribution in [0.3, 0.4) is 0 Å². The Bertz CT molecular complexity index is 123. The molecule has 0 rings (SSSR count). The van der Waals surface area contributed by atoms with E-state index in [9.17, 15) is 0 Å². The van der Waals surface area contributed by atoms with Crippen molar-refractivity contribution < 1.29 is 5.11 Å². The van der Waals surface area contributed by atoms with E-state index in [1.807, 2.05) is 6.08 Å². The number of hydrogen-bond donors (Lipinski definition) is 1. The molecule has 0 aromatic carbocycles. The highest BCUT2D eigenvalue weighted by atomic mass is 16.2. The van der Waals surface area contributed by atoms with Crippen molar-refractivity contribution >= 4 is 0 Å². The minimum Gasteiger partial charge on any atom is -0.396 e. The molecule has 0 aromatic heterocycles. The summed E-state index contributed by atoms with van der Waals surface area (Å²) in [5.74, 6) is 0. The average molecular weight is 124 g/mol. The minimum absolute atomic E-state index is 0.167. The van der Waals surface area contributed by atoms with Crippen LogP contribution in [0.4, 0.5) is 0 Å². The van der Waals surface area contributed by atoms with Crippen molar-refractivity contribution in [1.82, 2.24) is 0 Å². The van der Waals surface area contributed by atoms with Crippen LogP contribution in [0.15, 0.2) is 37.0 Å². The van der Waals surface area contributed by atoms with Gasteiger partial charge in [0.2, 0.25) is 0 Å².